The van der Waals surface area contributed by atoms with E-state index in [0.29, 0.717) is 6.42 Å². The van der Waals surface area contributed by atoms with E-state index in [9.17, 15) is 0 Å². The third kappa shape index (κ3) is 2.07. The standard InChI is InChI=1S/C9H7NS3/c11-8-5-9(12)13-7-4-2-1-3-6(7)10-8/h1-4H,5H2,(H,10,11). The third-order valence-electron chi connectivity index (χ3n) is 1.69. The third-order valence-corrected chi connectivity index (χ3v) is 3.28. The van der Waals surface area contributed by atoms with Crippen molar-refractivity contribution in [2.45, 2.75) is 11.3 Å². The molecule has 13 heavy (non-hydrogen) atoms. The van der Waals surface area contributed by atoms with E-state index in [-0.39, 0.29) is 0 Å². The second-order valence-corrected chi connectivity index (χ2v) is 5.08. The van der Waals surface area contributed by atoms with Crippen LogP contribution in [0.2, 0.25) is 0 Å². The van der Waals surface area contributed by atoms with Gasteiger partial charge >= 0.3 is 0 Å². The van der Waals surface area contributed by atoms with Gasteiger partial charge in [0.2, 0.25) is 0 Å². The van der Waals surface area contributed by atoms with Crippen LogP contribution in [0.1, 0.15) is 6.42 Å². The zero-order valence-electron chi connectivity index (χ0n) is 6.74. The van der Waals surface area contributed by atoms with Crippen LogP contribution < -0.4 is 5.32 Å². The van der Waals surface area contributed by atoms with Crippen LogP contribution in [0.5, 0.6) is 0 Å². The summed E-state index contributed by atoms with van der Waals surface area (Å²) in [6.07, 6.45) is 0.698. The molecule has 1 heterocycles. The van der Waals surface area contributed by atoms with Gasteiger partial charge in [-0.1, -0.05) is 48.3 Å². The minimum Gasteiger partial charge on any atom is -0.349 e. The fraction of sp³-hybridized carbons (Fsp3) is 0.111. The Kier molecular flexibility index (Phi) is 2.62. The molecule has 66 valence electrons. The summed E-state index contributed by atoms with van der Waals surface area (Å²) < 4.78 is 0.933. The highest BCUT2D eigenvalue weighted by Crippen LogP contribution is 2.32. The van der Waals surface area contributed by atoms with Crippen LogP contribution in [0.15, 0.2) is 29.2 Å². The maximum Gasteiger partial charge on any atom is 0.0856 e. The highest BCUT2D eigenvalue weighted by molar-refractivity contribution is 8.23. The van der Waals surface area contributed by atoms with E-state index in [1.807, 2.05) is 24.3 Å². The number of anilines is 1. The Morgan fingerprint density at radius 2 is 2.00 bits per heavy atom. The molecule has 0 atom stereocenters. The van der Waals surface area contributed by atoms with E-state index < -0.39 is 0 Å². The minimum atomic E-state index is 0.698. The first kappa shape index (κ1) is 9.12. The maximum atomic E-state index is 5.18. The number of rotatable bonds is 0. The lowest BCUT2D eigenvalue weighted by atomic mass is 10.3. The highest BCUT2D eigenvalue weighted by atomic mass is 32.2. The monoisotopic (exact) mass is 225 g/mol. The quantitative estimate of drug-likeness (QED) is 0.680. The van der Waals surface area contributed by atoms with Gasteiger partial charge in [0, 0.05) is 11.3 Å². The lowest BCUT2D eigenvalue weighted by Crippen LogP contribution is -2.08. The predicted molar refractivity (Wildman–Crippen MR) is 65.7 cm³/mol. The van der Waals surface area contributed by atoms with E-state index in [2.05, 4.69) is 5.32 Å². The summed E-state index contributed by atoms with van der Waals surface area (Å²) in [5.74, 6) is 0. The molecule has 0 fully saturated rings. The lowest BCUT2D eigenvalue weighted by molar-refractivity contribution is 1.45. The Hall–Kier alpha value is -0.450. The topological polar surface area (TPSA) is 12.0 Å². The number of nitrogens with one attached hydrogen (secondary N) is 1. The molecule has 1 aromatic carbocycles. The van der Waals surface area contributed by atoms with E-state index in [4.69, 9.17) is 24.4 Å². The average Bonchev–Trinajstić information content (AvgIpc) is 2.20. The summed E-state index contributed by atoms with van der Waals surface area (Å²) in [6.45, 7) is 0. The van der Waals surface area contributed by atoms with Crippen LogP contribution in [-0.4, -0.2) is 9.19 Å². The molecule has 1 N–H and O–H groups in total. The summed E-state index contributed by atoms with van der Waals surface area (Å²) >= 11 is 11.9. The largest absolute Gasteiger partial charge is 0.349 e. The molecule has 1 nitrogen and oxygen atoms in total. The van der Waals surface area contributed by atoms with Gasteiger partial charge in [0.05, 0.1) is 14.9 Å². The molecular weight excluding hydrogens is 218 g/mol. The SMILES string of the molecule is S=C1CC(=S)Sc2ccccc2N1. The molecule has 4 heteroatoms. The Balaban J connectivity index is 2.43. The Morgan fingerprint density at radius 1 is 1.23 bits per heavy atom. The zero-order valence-corrected chi connectivity index (χ0v) is 9.19. The molecule has 0 unspecified atom stereocenters. The Morgan fingerprint density at radius 3 is 2.85 bits per heavy atom. The van der Waals surface area contributed by atoms with Crippen LogP contribution in [0, 0.1) is 0 Å². The first-order valence-electron chi connectivity index (χ1n) is 3.85. The molecule has 1 aliphatic heterocycles. The van der Waals surface area contributed by atoms with Crippen LogP contribution in [0.25, 0.3) is 0 Å². The zero-order chi connectivity index (χ0) is 9.26. The van der Waals surface area contributed by atoms with Gasteiger partial charge in [-0.25, -0.2) is 0 Å². The summed E-state index contributed by atoms with van der Waals surface area (Å²) in [4.78, 5) is 1.97. The number of fused-ring (bicyclic) bond motifs is 1. The molecule has 0 aromatic heterocycles. The number of thioether (sulfide) groups is 1. The second-order valence-electron chi connectivity index (χ2n) is 2.70. The Labute approximate surface area is 91.9 Å². The van der Waals surface area contributed by atoms with Crippen LogP contribution in [0.4, 0.5) is 5.69 Å². The summed E-state index contributed by atoms with van der Waals surface area (Å²) in [5, 5.41) is 3.18. The molecular formula is C9H7NS3. The van der Waals surface area contributed by atoms with Crippen molar-refractivity contribution >= 4 is 51.1 Å². The number of para-hydroxylation sites is 1. The van der Waals surface area contributed by atoms with Gasteiger partial charge in [-0.05, 0) is 12.1 Å². The van der Waals surface area contributed by atoms with Gasteiger partial charge in [0.1, 0.15) is 0 Å². The van der Waals surface area contributed by atoms with Crippen molar-refractivity contribution in [2.24, 2.45) is 0 Å². The fourth-order valence-electron chi connectivity index (χ4n) is 1.14. The normalized spacial score (nSPS) is 16.0. The van der Waals surface area contributed by atoms with E-state index in [1.165, 1.54) is 0 Å². The van der Waals surface area contributed by atoms with Gasteiger partial charge in [-0.3, -0.25) is 0 Å². The van der Waals surface area contributed by atoms with Crippen molar-refractivity contribution in [3.05, 3.63) is 24.3 Å². The summed E-state index contributed by atoms with van der Waals surface area (Å²) in [6, 6.07) is 8.06. The molecule has 2 rings (SSSR count). The van der Waals surface area contributed by atoms with Gasteiger partial charge in [0.15, 0.2) is 0 Å². The van der Waals surface area contributed by atoms with Crippen molar-refractivity contribution < 1.29 is 0 Å². The van der Waals surface area contributed by atoms with E-state index >= 15 is 0 Å². The number of thiocarbonyl (C=S) groups is 2. The fourth-order valence-corrected chi connectivity index (χ4v) is 2.83. The molecule has 0 amide bonds. The highest BCUT2D eigenvalue weighted by Gasteiger charge is 2.13. The number of hydrogen-bond acceptors (Lipinski definition) is 3. The first-order chi connectivity index (χ1) is 6.25. The van der Waals surface area contributed by atoms with Gasteiger partial charge in [-0.15, -0.1) is 0 Å². The molecule has 0 saturated heterocycles. The molecule has 1 aromatic rings. The molecule has 0 bridgehead atoms. The van der Waals surface area contributed by atoms with Crippen molar-refractivity contribution in [3.8, 4) is 0 Å². The van der Waals surface area contributed by atoms with Gasteiger partial charge in [0.25, 0.3) is 0 Å². The van der Waals surface area contributed by atoms with E-state index in [0.717, 1.165) is 19.8 Å². The molecule has 0 spiro atoms. The van der Waals surface area contributed by atoms with Crippen LogP contribution >= 0.6 is 36.2 Å². The van der Waals surface area contributed by atoms with Crippen molar-refractivity contribution in [2.75, 3.05) is 5.32 Å². The van der Waals surface area contributed by atoms with Crippen molar-refractivity contribution in [3.63, 3.8) is 0 Å². The lowest BCUT2D eigenvalue weighted by Gasteiger charge is -2.04. The van der Waals surface area contributed by atoms with Crippen LogP contribution in [-0.2, 0) is 0 Å². The van der Waals surface area contributed by atoms with Gasteiger partial charge < -0.3 is 5.32 Å². The minimum absolute atomic E-state index is 0.698. The second kappa shape index (κ2) is 3.74. The van der Waals surface area contributed by atoms with Crippen LogP contribution in [0.3, 0.4) is 0 Å². The summed E-state index contributed by atoms with van der Waals surface area (Å²) in [5.41, 5.74) is 1.07. The maximum absolute atomic E-state index is 5.18. The summed E-state index contributed by atoms with van der Waals surface area (Å²) in [7, 11) is 0. The Bertz CT molecular complexity index is 338. The molecule has 0 saturated carbocycles. The smallest absolute Gasteiger partial charge is 0.0856 e. The van der Waals surface area contributed by atoms with Crippen molar-refractivity contribution in [1.29, 1.82) is 0 Å². The van der Waals surface area contributed by atoms with Crippen molar-refractivity contribution in [1.82, 2.24) is 0 Å². The van der Waals surface area contributed by atoms with E-state index in [1.54, 1.807) is 11.8 Å². The number of hydrogen-bond donors (Lipinski definition) is 1. The molecule has 1 aliphatic rings. The first-order valence-corrected chi connectivity index (χ1v) is 5.48. The molecule has 0 aliphatic carbocycles. The average molecular weight is 225 g/mol. The number of benzene rings is 1. The molecule has 0 radical (unpaired) electrons. The predicted octanol–water partition coefficient (Wildman–Crippen LogP) is 3.25. The van der Waals surface area contributed by atoms with Gasteiger partial charge in [-0.2, -0.15) is 0 Å².